The van der Waals surface area contributed by atoms with E-state index < -0.39 is 0 Å². The molecule has 7 heteroatoms. The molecule has 5 nitrogen and oxygen atoms in total. The first kappa shape index (κ1) is 21.9. The van der Waals surface area contributed by atoms with E-state index in [1.165, 1.54) is 0 Å². The molecule has 0 N–H and O–H groups in total. The molecule has 0 fully saturated rings. The van der Waals surface area contributed by atoms with Gasteiger partial charge in [-0.1, -0.05) is 28.4 Å². The van der Waals surface area contributed by atoms with Crippen molar-refractivity contribution in [3.63, 3.8) is 0 Å². The van der Waals surface area contributed by atoms with E-state index in [0.717, 1.165) is 11.5 Å². The summed E-state index contributed by atoms with van der Waals surface area (Å²) < 4.78 is 17.1. The zero-order valence-corrected chi connectivity index (χ0v) is 17.5. The van der Waals surface area contributed by atoms with Crippen LogP contribution in [0.25, 0.3) is 0 Å². The monoisotopic (exact) mass is 423 g/mol. The van der Waals surface area contributed by atoms with Gasteiger partial charge in [-0.05, 0) is 75.4 Å². The maximum Gasteiger partial charge on any atom is 0.129 e. The van der Waals surface area contributed by atoms with Gasteiger partial charge in [-0.3, -0.25) is 0 Å². The van der Waals surface area contributed by atoms with Gasteiger partial charge in [-0.25, -0.2) is 0 Å². The summed E-state index contributed by atoms with van der Waals surface area (Å²) in [5, 5.41) is 3.99. The third-order valence-corrected chi connectivity index (χ3v) is 3.55. The van der Waals surface area contributed by atoms with Crippen molar-refractivity contribution in [3.05, 3.63) is 59.1 Å². The summed E-state index contributed by atoms with van der Waals surface area (Å²) in [7, 11) is 0. The third-order valence-electron chi connectivity index (χ3n) is 3.24. The van der Waals surface area contributed by atoms with E-state index in [-0.39, 0.29) is 10.6 Å². The highest BCUT2D eigenvalue weighted by molar-refractivity contribution is 6.55. The number of nitrogens with zero attached hydrogens (tertiary/aromatic N) is 1. The molecule has 2 aromatic carbocycles. The Bertz CT molecular complexity index is 783. The molecule has 0 unspecified atom stereocenters. The zero-order chi connectivity index (χ0) is 20.4. The van der Waals surface area contributed by atoms with Gasteiger partial charge in [0.1, 0.15) is 46.8 Å². The van der Waals surface area contributed by atoms with Gasteiger partial charge in [-0.15, -0.1) is 0 Å². The molecule has 0 atom stereocenters. The molecule has 0 aliphatic rings. The van der Waals surface area contributed by atoms with Crippen LogP contribution in [0.2, 0.25) is 0 Å². The third kappa shape index (κ3) is 8.55. The van der Waals surface area contributed by atoms with Crippen molar-refractivity contribution >= 4 is 28.9 Å². The van der Waals surface area contributed by atoms with Gasteiger partial charge in [0.15, 0.2) is 0 Å². The first-order valence-corrected chi connectivity index (χ1v) is 9.52. The Balaban J connectivity index is 1.83. The molecular weight excluding hydrogens is 401 g/mol. The van der Waals surface area contributed by atoms with Gasteiger partial charge in [-0.2, -0.15) is 0 Å². The number of oxime groups is 1. The smallest absolute Gasteiger partial charge is 0.129 e. The van der Waals surface area contributed by atoms with Crippen molar-refractivity contribution in [2.45, 2.75) is 26.9 Å². The van der Waals surface area contributed by atoms with Crippen molar-refractivity contribution < 1.29 is 19.0 Å². The zero-order valence-electron chi connectivity index (χ0n) is 16.0. The van der Waals surface area contributed by atoms with Gasteiger partial charge in [0.2, 0.25) is 0 Å². The first-order chi connectivity index (χ1) is 13.4. The molecule has 0 saturated heterocycles. The Morgan fingerprint density at radius 1 is 0.893 bits per heavy atom. The average Bonchev–Trinajstić information content (AvgIpc) is 2.67. The highest BCUT2D eigenvalue weighted by Crippen LogP contribution is 2.25. The standard InChI is InChI=1S/C21H23Cl2NO4/c1-15(2)28-24-16(3)14-26-18-6-10-20(11-7-18)27-19-8-4-17(5-9-19)25-13-12-21(22)23/h4-12,15H,13-14H2,1-3H3. The Labute approximate surface area is 175 Å². The van der Waals surface area contributed by atoms with E-state index in [1.54, 1.807) is 6.08 Å². The van der Waals surface area contributed by atoms with Gasteiger partial charge in [0, 0.05) is 0 Å². The molecule has 2 aromatic rings. The van der Waals surface area contributed by atoms with Crippen molar-refractivity contribution in [2.24, 2.45) is 5.16 Å². The molecule has 28 heavy (non-hydrogen) atoms. The second kappa shape index (κ2) is 11.5. The highest BCUT2D eigenvalue weighted by atomic mass is 35.5. The average molecular weight is 424 g/mol. The second-order valence-corrected chi connectivity index (χ2v) is 7.13. The fourth-order valence-electron chi connectivity index (χ4n) is 1.95. The quantitative estimate of drug-likeness (QED) is 0.329. The van der Waals surface area contributed by atoms with Crippen LogP contribution in [-0.4, -0.2) is 25.0 Å². The van der Waals surface area contributed by atoms with Crippen LogP contribution < -0.4 is 14.2 Å². The lowest BCUT2D eigenvalue weighted by atomic mass is 10.3. The topological polar surface area (TPSA) is 49.3 Å². The van der Waals surface area contributed by atoms with Crippen LogP contribution in [0.4, 0.5) is 0 Å². The first-order valence-electron chi connectivity index (χ1n) is 8.76. The van der Waals surface area contributed by atoms with E-state index in [9.17, 15) is 0 Å². The lowest BCUT2D eigenvalue weighted by Gasteiger charge is -2.09. The van der Waals surface area contributed by atoms with Crippen LogP contribution in [0, 0.1) is 0 Å². The second-order valence-electron chi connectivity index (χ2n) is 6.12. The summed E-state index contributed by atoms with van der Waals surface area (Å²) in [5.41, 5.74) is 0.764. The molecule has 0 bridgehead atoms. The minimum Gasteiger partial charge on any atom is -0.489 e. The number of rotatable bonds is 10. The van der Waals surface area contributed by atoms with Gasteiger partial charge >= 0.3 is 0 Å². The SMILES string of the molecule is CC(COc1ccc(Oc2ccc(OCC=C(Cl)Cl)cc2)cc1)=NOC(C)C. The lowest BCUT2D eigenvalue weighted by Crippen LogP contribution is -2.09. The summed E-state index contributed by atoms with van der Waals surface area (Å²) in [5.74, 6) is 2.81. The number of hydrogen-bond acceptors (Lipinski definition) is 5. The summed E-state index contributed by atoms with van der Waals surface area (Å²) in [6.45, 7) is 6.36. The van der Waals surface area contributed by atoms with E-state index in [1.807, 2.05) is 69.3 Å². The molecule has 2 rings (SSSR count). The van der Waals surface area contributed by atoms with E-state index >= 15 is 0 Å². The Morgan fingerprint density at radius 3 is 1.89 bits per heavy atom. The summed E-state index contributed by atoms with van der Waals surface area (Å²) >= 11 is 11.1. The molecule has 150 valence electrons. The van der Waals surface area contributed by atoms with Crippen LogP contribution in [0.15, 0.2) is 64.3 Å². The summed E-state index contributed by atoms with van der Waals surface area (Å²) in [6.07, 6.45) is 1.62. The minimum absolute atomic E-state index is 0.0491. The minimum atomic E-state index is 0.0491. The summed E-state index contributed by atoms with van der Waals surface area (Å²) in [4.78, 5) is 5.18. The lowest BCUT2D eigenvalue weighted by molar-refractivity contribution is 0.0845. The van der Waals surface area contributed by atoms with E-state index in [2.05, 4.69) is 5.16 Å². The normalized spacial score (nSPS) is 11.1. The fourth-order valence-corrected chi connectivity index (χ4v) is 2.08. The predicted octanol–water partition coefficient (Wildman–Crippen LogP) is 6.36. The molecule has 0 saturated carbocycles. The van der Waals surface area contributed by atoms with Crippen LogP contribution in [-0.2, 0) is 4.84 Å². The molecule has 0 heterocycles. The van der Waals surface area contributed by atoms with Crippen LogP contribution >= 0.6 is 23.2 Å². The molecule has 0 aromatic heterocycles. The predicted molar refractivity (Wildman–Crippen MR) is 113 cm³/mol. The number of benzene rings is 2. The van der Waals surface area contributed by atoms with Gasteiger partial charge in [0.05, 0.1) is 5.71 Å². The Kier molecular flexibility index (Phi) is 8.98. The van der Waals surface area contributed by atoms with Crippen LogP contribution in [0.3, 0.4) is 0 Å². The summed E-state index contributed by atoms with van der Waals surface area (Å²) in [6, 6.07) is 14.6. The molecular formula is C21H23Cl2NO4. The van der Waals surface area contributed by atoms with Crippen LogP contribution in [0.1, 0.15) is 20.8 Å². The molecule has 0 aliphatic carbocycles. The van der Waals surface area contributed by atoms with Crippen molar-refractivity contribution in [2.75, 3.05) is 13.2 Å². The number of ether oxygens (including phenoxy) is 3. The molecule has 0 radical (unpaired) electrons. The Hall–Kier alpha value is -2.37. The van der Waals surface area contributed by atoms with Gasteiger partial charge in [0.25, 0.3) is 0 Å². The van der Waals surface area contributed by atoms with Crippen molar-refractivity contribution in [1.82, 2.24) is 0 Å². The number of halogens is 2. The highest BCUT2D eigenvalue weighted by Gasteiger charge is 2.02. The molecule has 0 aliphatic heterocycles. The number of hydrogen-bond donors (Lipinski definition) is 0. The fraction of sp³-hybridized carbons (Fsp3) is 0.286. The maximum atomic E-state index is 5.81. The molecule has 0 amide bonds. The largest absolute Gasteiger partial charge is 0.489 e. The van der Waals surface area contributed by atoms with Gasteiger partial charge < -0.3 is 19.0 Å². The van der Waals surface area contributed by atoms with E-state index in [4.69, 9.17) is 42.3 Å². The van der Waals surface area contributed by atoms with Crippen molar-refractivity contribution in [3.8, 4) is 23.0 Å². The maximum absolute atomic E-state index is 5.81. The van der Waals surface area contributed by atoms with Crippen LogP contribution in [0.5, 0.6) is 23.0 Å². The molecule has 0 spiro atoms. The van der Waals surface area contributed by atoms with Crippen molar-refractivity contribution in [1.29, 1.82) is 0 Å². The van der Waals surface area contributed by atoms with E-state index in [0.29, 0.717) is 30.5 Å². The Morgan fingerprint density at radius 2 is 1.39 bits per heavy atom.